The maximum absolute atomic E-state index is 12.7. The summed E-state index contributed by atoms with van der Waals surface area (Å²) in [5.41, 5.74) is 0.824. The van der Waals surface area contributed by atoms with Gasteiger partial charge in [-0.05, 0) is 24.6 Å². The first-order chi connectivity index (χ1) is 10.8. The molecule has 3 rings (SSSR count). The average Bonchev–Trinajstić information content (AvgIpc) is 2.89. The van der Waals surface area contributed by atoms with Gasteiger partial charge in [0.1, 0.15) is 0 Å². The van der Waals surface area contributed by atoms with Gasteiger partial charge in [0.2, 0.25) is 5.82 Å². The molecule has 0 saturated heterocycles. The van der Waals surface area contributed by atoms with Gasteiger partial charge in [0, 0.05) is 17.0 Å². The third-order valence-corrected chi connectivity index (χ3v) is 3.61. The van der Waals surface area contributed by atoms with Crippen molar-refractivity contribution in [2.45, 2.75) is 19.5 Å². The van der Waals surface area contributed by atoms with Gasteiger partial charge < -0.3 is 0 Å². The van der Waals surface area contributed by atoms with Crippen LogP contribution in [0.5, 0.6) is 0 Å². The lowest BCUT2D eigenvalue weighted by Gasteiger charge is -2.05. The zero-order valence-electron chi connectivity index (χ0n) is 11.8. The highest BCUT2D eigenvalue weighted by Gasteiger charge is 2.35. The van der Waals surface area contributed by atoms with E-state index in [1.165, 1.54) is 0 Å². The van der Waals surface area contributed by atoms with Gasteiger partial charge in [-0.2, -0.15) is 22.7 Å². The Morgan fingerprint density at radius 2 is 1.87 bits per heavy atom. The highest BCUT2D eigenvalue weighted by atomic mass is 35.5. The van der Waals surface area contributed by atoms with Gasteiger partial charge in [-0.3, -0.25) is 9.89 Å². The fraction of sp³-hybridized carbons (Fsp3) is 0.214. The van der Waals surface area contributed by atoms with Crippen LogP contribution in [-0.2, 0) is 12.6 Å². The number of fused-ring (bicyclic) bond motifs is 1. The van der Waals surface area contributed by atoms with Crippen LogP contribution in [0.15, 0.2) is 29.1 Å². The van der Waals surface area contributed by atoms with Crippen LogP contribution in [-0.4, -0.2) is 19.6 Å². The van der Waals surface area contributed by atoms with Crippen LogP contribution in [0.3, 0.4) is 0 Å². The van der Waals surface area contributed by atoms with Crippen LogP contribution in [0.2, 0.25) is 5.02 Å². The van der Waals surface area contributed by atoms with E-state index in [0.29, 0.717) is 20.8 Å². The monoisotopic (exact) mass is 342 g/mol. The molecule has 0 spiro atoms. The zero-order chi connectivity index (χ0) is 16.8. The molecule has 9 heteroatoms. The van der Waals surface area contributed by atoms with Crippen molar-refractivity contribution in [3.8, 4) is 0 Å². The minimum Gasteiger partial charge on any atom is -0.267 e. The summed E-state index contributed by atoms with van der Waals surface area (Å²) in [5, 5.41) is 2.51. The molecule has 0 bridgehead atoms. The predicted octanol–water partition coefficient (Wildman–Crippen LogP) is 2.99. The quantitative estimate of drug-likeness (QED) is 0.778. The number of alkyl halides is 3. The lowest BCUT2D eigenvalue weighted by molar-refractivity contribution is -0.144. The molecule has 120 valence electrons. The maximum Gasteiger partial charge on any atom is 0.451 e. The maximum atomic E-state index is 12.7. The highest BCUT2D eigenvalue weighted by Crippen LogP contribution is 2.26. The van der Waals surface area contributed by atoms with E-state index in [1.54, 1.807) is 31.2 Å². The number of nitrogens with zero attached hydrogens (tertiary/aromatic N) is 3. The molecule has 5 nitrogen and oxygen atoms in total. The largest absolute Gasteiger partial charge is 0.451 e. The molecule has 0 radical (unpaired) electrons. The molecule has 0 unspecified atom stereocenters. The summed E-state index contributed by atoms with van der Waals surface area (Å²) in [6.45, 7) is 1.56. The van der Waals surface area contributed by atoms with Gasteiger partial charge in [0.05, 0.1) is 5.69 Å². The Morgan fingerprint density at radius 1 is 1.22 bits per heavy atom. The van der Waals surface area contributed by atoms with Crippen molar-refractivity contribution in [2.75, 3.05) is 0 Å². The highest BCUT2D eigenvalue weighted by molar-refractivity contribution is 6.30. The van der Waals surface area contributed by atoms with Crippen molar-refractivity contribution in [3.05, 3.63) is 62.3 Å². The zero-order valence-corrected chi connectivity index (χ0v) is 12.5. The van der Waals surface area contributed by atoms with Crippen molar-refractivity contribution >= 4 is 17.4 Å². The molecule has 23 heavy (non-hydrogen) atoms. The van der Waals surface area contributed by atoms with Gasteiger partial charge >= 0.3 is 6.18 Å². The van der Waals surface area contributed by atoms with Crippen molar-refractivity contribution in [1.82, 2.24) is 19.6 Å². The Morgan fingerprint density at radius 3 is 2.48 bits per heavy atom. The van der Waals surface area contributed by atoms with Crippen molar-refractivity contribution in [3.63, 3.8) is 0 Å². The summed E-state index contributed by atoms with van der Waals surface area (Å²) in [5.74, 6) is -1.56. The third kappa shape index (κ3) is 2.94. The molecule has 1 aromatic carbocycles. The number of rotatable bonds is 2. The van der Waals surface area contributed by atoms with Crippen LogP contribution in [0, 0.1) is 6.92 Å². The normalized spacial score (nSPS) is 12.0. The number of halogens is 4. The second-order valence-electron chi connectivity index (χ2n) is 4.99. The molecule has 2 heterocycles. The fourth-order valence-electron chi connectivity index (χ4n) is 2.19. The SMILES string of the molecule is Cc1nc2nc(C(F)(F)F)[nH]n2c(=O)c1Cc1ccc(Cl)cc1. The number of aryl methyl sites for hydroxylation is 1. The summed E-state index contributed by atoms with van der Waals surface area (Å²) in [4.78, 5) is 19.7. The van der Waals surface area contributed by atoms with E-state index in [9.17, 15) is 18.0 Å². The number of aromatic amines is 1. The van der Waals surface area contributed by atoms with Crippen LogP contribution < -0.4 is 5.56 Å². The van der Waals surface area contributed by atoms with Crippen LogP contribution >= 0.6 is 11.6 Å². The average molecular weight is 343 g/mol. The Hall–Kier alpha value is -2.35. The van der Waals surface area contributed by atoms with Gasteiger partial charge in [-0.25, -0.2) is 4.98 Å². The summed E-state index contributed by atoms with van der Waals surface area (Å²) < 4.78 is 38.8. The van der Waals surface area contributed by atoms with E-state index in [2.05, 4.69) is 9.97 Å². The lowest BCUT2D eigenvalue weighted by Crippen LogP contribution is -2.22. The molecule has 0 aliphatic rings. The summed E-state index contributed by atoms with van der Waals surface area (Å²) >= 11 is 5.80. The number of H-pyrrole nitrogens is 1. The third-order valence-electron chi connectivity index (χ3n) is 3.36. The van der Waals surface area contributed by atoms with Gasteiger partial charge in [0.25, 0.3) is 11.3 Å². The smallest absolute Gasteiger partial charge is 0.267 e. The molecular formula is C14H10ClF3N4O. The van der Waals surface area contributed by atoms with Gasteiger partial charge in [-0.1, -0.05) is 23.7 Å². The number of hydrogen-bond acceptors (Lipinski definition) is 3. The van der Waals surface area contributed by atoms with E-state index in [4.69, 9.17) is 11.6 Å². The van der Waals surface area contributed by atoms with Crippen molar-refractivity contribution in [1.29, 1.82) is 0 Å². The van der Waals surface area contributed by atoms with Crippen LogP contribution in [0.1, 0.15) is 22.6 Å². The Labute approximate surface area is 132 Å². The second-order valence-corrected chi connectivity index (χ2v) is 5.43. The lowest BCUT2D eigenvalue weighted by atomic mass is 10.1. The van der Waals surface area contributed by atoms with E-state index < -0.39 is 17.6 Å². The molecule has 0 amide bonds. The van der Waals surface area contributed by atoms with Gasteiger partial charge in [-0.15, -0.1) is 0 Å². The summed E-state index contributed by atoms with van der Waals surface area (Å²) in [6, 6.07) is 6.83. The number of hydrogen-bond donors (Lipinski definition) is 1. The minimum absolute atomic E-state index is 0.234. The first kappa shape index (κ1) is 15.5. The molecule has 0 atom stereocenters. The van der Waals surface area contributed by atoms with Crippen LogP contribution in [0.4, 0.5) is 13.2 Å². The van der Waals surface area contributed by atoms with Crippen LogP contribution in [0.25, 0.3) is 5.78 Å². The second kappa shape index (κ2) is 5.38. The topological polar surface area (TPSA) is 63.1 Å². The number of aromatic nitrogens is 4. The Kier molecular flexibility index (Phi) is 3.63. The minimum atomic E-state index is -4.68. The standard InChI is InChI=1S/C14H10ClF3N4O/c1-7-10(6-8-2-4-9(15)5-3-8)11(23)22-13(19-7)20-12(21-22)14(16,17)18/h2-5H,6H2,1H3,(H,19,20,21). The molecule has 3 aromatic rings. The predicted molar refractivity (Wildman–Crippen MR) is 77.6 cm³/mol. The Balaban J connectivity index is 2.10. The molecule has 1 N–H and O–H groups in total. The van der Waals surface area contributed by atoms with E-state index in [-0.39, 0.29) is 12.2 Å². The Bertz CT molecular complexity index is 928. The van der Waals surface area contributed by atoms with E-state index in [1.807, 2.05) is 5.10 Å². The molecule has 0 saturated carbocycles. The summed E-state index contributed by atoms with van der Waals surface area (Å²) in [7, 11) is 0. The molecule has 0 aliphatic heterocycles. The van der Waals surface area contributed by atoms with E-state index in [0.717, 1.165) is 5.56 Å². The molecule has 2 aromatic heterocycles. The molecular weight excluding hydrogens is 333 g/mol. The first-order valence-corrected chi connectivity index (χ1v) is 6.93. The van der Waals surface area contributed by atoms with Gasteiger partial charge in [0.15, 0.2) is 0 Å². The summed E-state index contributed by atoms with van der Waals surface area (Å²) in [6.07, 6.45) is -4.44. The number of benzene rings is 1. The molecule has 0 aliphatic carbocycles. The van der Waals surface area contributed by atoms with Crippen molar-refractivity contribution < 1.29 is 13.2 Å². The van der Waals surface area contributed by atoms with Crippen molar-refractivity contribution in [2.24, 2.45) is 0 Å². The number of nitrogens with one attached hydrogen (secondary N) is 1. The van der Waals surface area contributed by atoms with E-state index >= 15 is 0 Å². The first-order valence-electron chi connectivity index (χ1n) is 6.55. The molecule has 0 fully saturated rings. The fourth-order valence-corrected chi connectivity index (χ4v) is 2.32.